The highest BCUT2D eigenvalue weighted by Gasteiger charge is 2.22. The van der Waals surface area contributed by atoms with Crippen LogP contribution in [0.2, 0.25) is 5.02 Å². The van der Waals surface area contributed by atoms with Crippen LogP contribution in [0.3, 0.4) is 0 Å². The number of rotatable bonds is 3. The Balaban J connectivity index is 1.39. The Morgan fingerprint density at radius 3 is 2.66 bits per heavy atom. The molecule has 0 aliphatic carbocycles. The number of halogens is 1. The van der Waals surface area contributed by atoms with E-state index < -0.39 is 0 Å². The van der Waals surface area contributed by atoms with E-state index in [1.807, 2.05) is 42.6 Å². The van der Waals surface area contributed by atoms with E-state index in [2.05, 4.69) is 14.9 Å². The van der Waals surface area contributed by atoms with Gasteiger partial charge in [-0.25, -0.2) is 9.97 Å². The van der Waals surface area contributed by atoms with Gasteiger partial charge in [0.2, 0.25) is 0 Å². The summed E-state index contributed by atoms with van der Waals surface area (Å²) in [5.41, 5.74) is 5.01. The summed E-state index contributed by atoms with van der Waals surface area (Å²) in [6.45, 7) is 2.01. The zero-order valence-electron chi connectivity index (χ0n) is 15.6. The topological polar surface area (TPSA) is 74.8 Å². The lowest BCUT2D eigenvalue weighted by Crippen LogP contribution is -2.35. The fraction of sp³-hybridized carbons (Fsp3) is 0.182. The number of hydrogen-bond acceptors (Lipinski definition) is 5. The lowest BCUT2D eigenvalue weighted by molar-refractivity contribution is 0.239. The van der Waals surface area contributed by atoms with Crippen LogP contribution >= 0.6 is 11.6 Å². The van der Waals surface area contributed by atoms with Gasteiger partial charge in [-0.1, -0.05) is 23.7 Å². The van der Waals surface area contributed by atoms with Crippen molar-refractivity contribution in [2.45, 2.75) is 19.5 Å². The third-order valence-corrected chi connectivity index (χ3v) is 5.40. The van der Waals surface area contributed by atoms with Gasteiger partial charge in [-0.05, 0) is 36.4 Å². The lowest BCUT2D eigenvalue weighted by atomic mass is 10.1. The van der Waals surface area contributed by atoms with E-state index in [-0.39, 0.29) is 5.56 Å². The Morgan fingerprint density at radius 1 is 1.03 bits per heavy atom. The first kappa shape index (κ1) is 18.0. The first-order chi connectivity index (χ1) is 14.2. The lowest BCUT2D eigenvalue weighted by Gasteiger charge is -2.27. The SMILES string of the molecule is O=c1[nH]c(-c2ccc(Cl)cc2)nc2c1CN(Cc1cnc3ccccc3n1)CC2. The monoisotopic (exact) mass is 403 g/mol. The number of nitrogens with one attached hydrogen (secondary N) is 1. The summed E-state index contributed by atoms with van der Waals surface area (Å²) in [7, 11) is 0. The zero-order chi connectivity index (χ0) is 19.8. The van der Waals surface area contributed by atoms with E-state index in [4.69, 9.17) is 21.6 Å². The number of H-pyrrole nitrogens is 1. The Labute approximate surface area is 172 Å². The molecule has 0 radical (unpaired) electrons. The number of aromatic amines is 1. The molecule has 0 unspecified atom stereocenters. The Hall–Kier alpha value is -3.09. The number of para-hydroxylation sites is 2. The van der Waals surface area contributed by atoms with Crippen molar-refractivity contribution in [3.05, 3.63) is 87.1 Å². The Kier molecular flexibility index (Phi) is 4.58. The quantitative estimate of drug-likeness (QED) is 0.565. The van der Waals surface area contributed by atoms with Crippen molar-refractivity contribution in [3.63, 3.8) is 0 Å². The van der Waals surface area contributed by atoms with E-state index in [1.54, 1.807) is 12.1 Å². The highest BCUT2D eigenvalue weighted by molar-refractivity contribution is 6.30. The maximum Gasteiger partial charge on any atom is 0.255 e. The van der Waals surface area contributed by atoms with E-state index in [9.17, 15) is 4.79 Å². The van der Waals surface area contributed by atoms with Crippen molar-refractivity contribution in [1.82, 2.24) is 24.8 Å². The van der Waals surface area contributed by atoms with Crippen LogP contribution in [0.25, 0.3) is 22.4 Å². The molecule has 0 atom stereocenters. The molecule has 5 rings (SSSR count). The normalized spacial score (nSPS) is 14.1. The van der Waals surface area contributed by atoms with Crippen LogP contribution in [0.1, 0.15) is 17.0 Å². The van der Waals surface area contributed by atoms with Crippen LogP contribution in [-0.4, -0.2) is 31.4 Å². The number of fused-ring (bicyclic) bond motifs is 2. The summed E-state index contributed by atoms with van der Waals surface area (Å²) >= 11 is 5.95. The largest absolute Gasteiger partial charge is 0.306 e. The minimum atomic E-state index is -0.0887. The maximum absolute atomic E-state index is 12.7. The molecule has 0 fully saturated rings. The predicted octanol–water partition coefficient (Wildman–Crippen LogP) is 3.59. The molecule has 1 aliphatic rings. The van der Waals surface area contributed by atoms with Gasteiger partial charge < -0.3 is 4.98 Å². The highest BCUT2D eigenvalue weighted by Crippen LogP contribution is 2.21. The van der Waals surface area contributed by atoms with Crippen LogP contribution in [-0.2, 0) is 19.5 Å². The second kappa shape index (κ2) is 7.39. The number of hydrogen-bond donors (Lipinski definition) is 1. The van der Waals surface area contributed by atoms with Crippen LogP contribution < -0.4 is 5.56 Å². The van der Waals surface area contributed by atoms with Gasteiger partial charge in [0.15, 0.2) is 0 Å². The summed E-state index contributed by atoms with van der Waals surface area (Å²) < 4.78 is 0. The molecular formula is C22H18ClN5O. The number of nitrogens with zero attached hydrogens (tertiary/aromatic N) is 4. The Morgan fingerprint density at radius 2 is 1.83 bits per heavy atom. The molecule has 0 spiro atoms. The molecule has 6 nitrogen and oxygen atoms in total. The van der Waals surface area contributed by atoms with E-state index in [0.29, 0.717) is 23.9 Å². The van der Waals surface area contributed by atoms with Crippen molar-refractivity contribution in [1.29, 1.82) is 0 Å². The minimum Gasteiger partial charge on any atom is -0.306 e. The van der Waals surface area contributed by atoms with Crippen molar-refractivity contribution >= 4 is 22.6 Å². The molecule has 0 saturated heterocycles. The van der Waals surface area contributed by atoms with E-state index in [1.165, 1.54) is 0 Å². The van der Waals surface area contributed by atoms with Crippen molar-refractivity contribution in [2.24, 2.45) is 0 Å². The average Bonchev–Trinajstić information content (AvgIpc) is 2.74. The standard InChI is InChI=1S/C22H18ClN5O/c23-15-7-5-14(6-8-15)21-26-18-9-10-28(13-17(18)22(29)27-21)12-16-11-24-19-3-1-2-4-20(19)25-16/h1-8,11H,9-10,12-13H2,(H,26,27,29). The van der Waals surface area contributed by atoms with Crippen LogP contribution in [0.15, 0.2) is 59.5 Å². The first-order valence-corrected chi connectivity index (χ1v) is 9.84. The van der Waals surface area contributed by atoms with Crippen molar-refractivity contribution in [2.75, 3.05) is 6.54 Å². The van der Waals surface area contributed by atoms with Gasteiger partial charge in [0.05, 0.1) is 34.2 Å². The molecule has 0 bridgehead atoms. The van der Waals surface area contributed by atoms with Gasteiger partial charge in [0, 0.05) is 36.6 Å². The average molecular weight is 404 g/mol. The molecule has 1 N–H and O–H groups in total. The van der Waals surface area contributed by atoms with Crippen LogP contribution in [0.4, 0.5) is 0 Å². The molecule has 144 valence electrons. The molecule has 3 heterocycles. The summed E-state index contributed by atoms with van der Waals surface area (Å²) in [6.07, 6.45) is 2.53. The molecule has 0 amide bonds. The van der Waals surface area contributed by atoms with Gasteiger partial charge in [0.1, 0.15) is 5.82 Å². The van der Waals surface area contributed by atoms with E-state index >= 15 is 0 Å². The third kappa shape index (κ3) is 3.64. The summed E-state index contributed by atoms with van der Waals surface area (Å²) in [4.78, 5) is 31.7. The zero-order valence-corrected chi connectivity index (χ0v) is 16.4. The van der Waals surface area contributed by atoms with Crippen LogP contribution in [0.5, 0.6) is 0 Å². The molecule has 2 aromatic carbocycles. The smallest absolute Gasteiger partial charge is 0.255 e. The van der Waals surface area contributed by atoms with Gasteiger partial charge in [-0.2, -0.15) is 0 Å². The highest BCUT2D eigenvalue weighted by atomic mass is 35.5. The molecule has 0 saturated carbocycles. The second-order valence-corrected chi connectivity index (χ2v) is 7.59. The van der Waals surface area contributed by atoms with Gasteiger partial charge in [0.25, 0.3) is 5.56 Å². The fourth-order valence-electron chi connectivity index (χ4n) is 3.66. The first-order valence-electron chi connectivity index (χ1n) is 9.47. The summed E-state index contributed by atoms with van der Waals surface area (Å²) in [5.74, 6) is 0.583. The maximum atomic E-state index is 12.7. The summed E-state index contributed by atoms with van der Waals surface area (Å²) in [5, 5.41) is 0.654. The molecular weight excluding hydrogens is 386 g/mol. The van der Waals surface area contributed by atoms with Crippen molar-refractivity contribution in [3.8, 4) is 11.4 Å². The minimum absolute atomic E-state index is 0.0887. The molecule has 1 aliphatic heterocycles. The Bertz CT molecular complexity index is 1250. The van der Waals surface area contributed by atoms with E-state index in [0.717, 1.165) is 46.5 Å². The van der Waals surface area contributed by atoms with Crippen molar-refractivity contribution < 1.29 is 0 Å². The van der Waals surface area contributed by atoms with Gasteiger partial charge in [-0.15, -0.1) is 0 Å². The predicted molar refractivity (Wildman–Crippen MR) is 113 cm³/mol. The fourth-order valence-corrected chi connectivity index (χ4v) is 3.79. The molecule has 29 heavy (non-hydrogen) atoms. The molecule has 4 aromatic rings. The van der Waals surface area contributed by atoms with Gasteiger partial charge >= 0.3 is 0 Å². The summed E-state index contributed by atoms with van der Waals surface area (Å²) in [6, 6.07) is 15.1. The van der Waals surface area contributed by atoms with Gasteiger partial charge in [-0.3, -0.25) is 14.7 Å². The molecule has 7 heteroatoms. The second-order valence-electron chi connectivity index (χ2n) is 7.16. The third-order valence-electron chi connectivity index (χ3n) is 5.15. The number of benzene rings is 2. The molecule has 2 aromatic heterocycles. The van der Waals surface area contributed by atoms with Crippen LogP contribution in [0, 0.1) is 0 Å². The number of aromatic nitrogens is 4.